The number of nitrogens with one attached hydrogen (secondary N) is 1. The van der Waals surface area contributed by atoms with Gasteiger partial charge in [0, 0.05) is 38.7 Å². The third-order valence-electron chi connectivity index (χ3n) is 5.11. The number of sulfonamides is 1. The summed E-state index contributed by atoms with van der Waals surface area (Å²) in [5.41, 5.74) is 6.05. The van der Waals surface area contributed by atoms with Crippen molar-refractivity contribution in [3.8, 4) is 0 Å². The van der Waals surface area contributed by atoms with Crippen molar-refractivity contribution in [1.82, 2.24) is 14.5 Å². The minimum absolute atomic E-state index is 0.0354. The topological polar surface area (TPSA) is 130 Å². The summed E-state index contributed by atoms with van der Waals surface area (Å²) in [6.07, 6.45) is 0. The molecule has 1 heterocycles. The maximum Gasteiger partial charge on any atom is 0.252 e. The van der Waals surface area contributed by atoms with Gasteiger partial charge in [-0.2, -0.15) is 4.31 Å². The number of primary amides is 1. The highest BCUT2D eigenvalue weighted by Crippen LogP contribution is 2.20. The predicted molar refractivity (Wildman–Crippen MR) is 113 cm³/mol. The second-order valence-electron chi connectivity index (χ2n) is 7.16. The molecule has 9 nitrogen and oxygen atoms in total. The smallest absolute Gasteiger partial charge is 0.252 e. The number of rotatable bonds is 6. The normalized spacial score (nSPS) is 15.8. The number of hydrogen-bond acceptors (Lipinski definition) is 5. The van der Waals surface area contributed by atoms with Crippen molar-refractivity contribution in [2.45, 2.75) is 17.9 Å². The molecule has 10 heteroatoms. The molecule has 1 saturated heterocycles. The lowest BCUT2D eigenvalue weighted by Crippen LogP contribution is -2.49. The first-order valence-corrected chi connectivity index (χ1v) is 11.1. The molecule has 1 aliphatic heterocycles. The monoisotopic (exact) mass is 444 g/mol. The molecular formula is C21H24N4O5S. The molecule has 1 aliphatic rings. The summed E-state index contributed by atoms with van der Waals surface area (Å²) in [6, 6.07) is 13.1. The average Bonchev–Trinajstić information content (AvgIpc) is 2.77. The molecule has 0 aromatic heterocycles. The molecule has 0 bridgehead atoms. The van der Waals surface area contributed by atoms with Gasteiger partial charge >= 0.3 is 0 Å². The number of hydrogen-bond donors (Lipinski definition) is 2. The van der Waals surface area contributed by atoms with E-state index in [1.54, 1.807) is 35.2 Å². The van der Waals surface area contributed by atoms with E-state index >= 15 is 0 Å². The van der Waals surface area contributed by atoms with Crippen molar-refractivity contribution >= 4 is 27.7 Å². The molecule has 2 aromatic carbocycles. The highest BCUT2D eigenvalue weighted by atomic mass is 32.2. The van der Waals surface area contributed by atoms with Crippen LogP contribution in [0.4, 0.5) is 0 Å². The Balaban J connectivity index is 1.78. The van der Waals surface area contributed by atoms with Crippen molar-refractivity contribution in [3.63, 3.8) is 0 Å². The lowest BCUT2D eigenvalue weighted by Gasteiger charge is -2.33. The van der Waals surface area contributed by atoms with Crippen LogP contribution in [0.2, 0.25) is 0 Å². The van der Waals surface area contributed by atoms with Crippen LogP contribution in [-0.4, -0.2) is 61.5 Å². The first kappa shape index (κ1) is 22.4. The quantitative estimate of drug-likeness (QED) is 0.670. The maximum absolute atomic E-state index is 13.0. The standard InChI is InChI=1S/C21H24N4O5S/c1-15(26)24-10-12-25(13-11-24)31(29,30)18-9-5-8-17(14-18)21(28)23-19(20(22)27)16-6-3-2-4-7-16/h2-9,14,19H,10-13H2,1H3,(H2,22,27)(H,23,28). The summed E-state index contributed by atoms with van der Waals surface area (Å²) in [4.78, 5) is 37.6. The van der Waals surface area contributed by atoms with E-state index in [-0.39, 0.29) is 29.5 Å². The number of nitrogens with zero attached hydrogens (tertiary/aromatic N) is 2. The Bertz CT molecular complexity index is 1080. The Hall–Kier alpha value is -3.24. The Morgan fingerprint density at radius 1 is 0.968 bits per heavy atom. The molecule has 0 radical (unpaired) electrons. The number of carbonyl (C=O) groups is 3. The Morgan fingerprint density at radius 3 is 2.19 bits per heavy atom. The number of amides is 3. The molecule has 3 amide bonds. The Labute approximate surface area is 180 Å². The van der Waals surface area contributed by atoms with Gasteiger partial charge in [0.15, 0.2) is 0 Å². The predicted octanol–water partition coefficient (Wildman–Crippen LogP) is 0.496. The van der Waals surface area contributed by atoms with Crippen molar-refractivity contribution in [2.75, 3.05) is 26.2 Å². The molecule has 0 saturated carbocycles. The second-order valence-corrected chi connectivity index (χ2v) is 9.10. The summed E-state index contributed by atoms with van der Waals surface area (Å²) >= 11 is 0. The van der Waals surface area contributed by atoms with E-state index in [0.29, 0.717) is 18.7 Å². The van der Waals surface area contributed by atoms with E-state index in [1.807, 2.05) is 0 Å². The van der Waals surface area contributed by atoms with Crippen LogP contribution in [0.5, 0.6) is 0 Å². The summed E-state index contributed by atoms with van der Waals surface area (Å²) in [6.45, 7) is 2.42. The third kappa shape index (κ3) is 5.09. The molecule has 1 unspecified atom stereocenters. The van der Waals surface area contributed by atoms with Crippen LogP contribution in [0.1, 0.15) is 28.9 Å². The van der Waals surface area contributed by atoms with Gasteiger partial charge in [-0.25, -0.2) is 8.42 Å². The molecule has 0 aliphatic carbocycles. The van der Waals surface area contributed by atoms with Gasteiger partial charge in [0.2, 0.25) is 21.8 Å². The SMILES string of the molecule is CC(=O)N1CCN(S(=O)(=O)c2cccc(C(=O)NC(C(N)=O)c3ccccc3)c2)CC1. The average molecular weight is 445 g/mol. The van der Waals surface area contributed by atoms with E-state index < -0.39 is 27.9 Å². The van der Waals surface area contributed by atoms with E-state index in [1.165, 1.54) is 35.5 Å². The van der Waals surface area contributed by atoms with E-state index in [4.69, 9.17) is 5.73 Å². The lowest BCUT2D eigenvalue weighted by molar-refractivity contribution is -0.130. The molecule has 1 atom stereocenters. The highest BCUT2D eigenvalue weighted by molar-refractivity contribution is 7.89. The fourth-order valence-electron chi connectivity index (χ4n) is 3.37. The van der Waals surface area contributed by atoms with E-state index in [2.05, 4.69) is 5.32 Å². The molecule has 1 fully saturated rings. The summed E-state index contributed by atoms with van der Waals surface area (Å²) in [7, 11) is -3.84. The minimum Gasteiger partial charge on any atom is -0.368 e. The largest absolute Gasteiger partial charge is 0.368 e. The van der Waals surface area contributed by atoms with Gasteiger partial charge in [-0.05, 0) is 23.8 Å². The zero-order valence-electron chi connectivity index (χ0n) is 17.0. The molecule has 3 rings (SSSR count). The Kier molecular flexibility index (Phi) is 6.71. The van der Waals surface area contributed by atoms with Crippen LogP contribution in [0, 0.1) is 0 Å². The molecule has 31 heavy (non-hydrogen) atoms. The minimum atomic E-state index is -3.84. The number of benzene rings is 2. The van der Waals surface area contributed by atoms with Gasteiger partial charge in [-0.3, -0.25) is 14.4 Å². The first-order valence-electron chi connectivity index (χ1n) is 9.71. The number of nitrogens with two attached hydrogens (primary N) is 1. The number of piperazine rings is 1. The summed E-state index contributed by atoms with van der Waals surface area (Å²) in [5, 5.41) is 2.56. The molecule has 164 valence electrons. The van der Waals surface area contributed by atoms with Crippen LogP contribution in [0.3, 0.4) is 0 Å². The molecule has 2 aromatic rings. The van der Waals surface area contributed by atoms with Crippen molar-refractivity contribution in [3.05, 3.63) is 65.7 Å². The van der Waals surface area contributed by atoms with E-state index in [9.17, 15) is 22.8 Å². The molecule has 3 N–H and O–H groups in total. The fourth-order valence-corrected chi connectivity index (χ4v) is 4.84. The second kappa shape index (κ2) is 9.27. The van der Waals surface area contributed by atoms with Crippen molar-refractivity contribution in [1.29, 1.82) is 0 Å². The lowest BCUT2D eigenvalue weighted by atomic mass is 10.1. The van der Waals surface area contributed by atoms with Crippen LogP contribution < -0.4 is 11.1 Å². The van der Waals surface area contributed by atoms with Gasteiger partial charge < -0.3 is 16.0 Å². The maximum atomic E-state index is 13.0. The number of carbonyl (C=O) groups excluding carboxylic acids is 3. The van der Waals surface area contributed by atoms with Gasteiger partial charge in [0.25, 0.3) is 5.91 Å². The summed E-state index contributed by atoms with van der Waals surface area (Å²) in [5.74, 6) is -1.45. The van der Waals surface area contributed by atoms with Gasteiger partial charge in [0.05, 0.1) is 4.90 Å². The van der Waals surface area contributed by atoms with Crippen LogP contribution in [-0.2, 0) is 19.6 Å². The van der Waals surface area contributed by atoms with Gasteiger partial charge in [-0.1, -0.05) is 36.4 Å². The fraction of sp³-hybridized carbons (Fsp3) is 0.286. The molecular weight excluding hydrogens is 420 g/mol. The Morgan fingerprint density at radius 2 is 1.61 bits per heavy atom. The molecule has 0 spiro atoms. The third-order valence-corrected chi connectivity index (χ3v) is 7.01. The van der Waals surface area contributed by atoms with Crippen LogP contribution in [0.25, 0.3) is 0 Å². The zero-order chi connectivity index (χ0) is 22.6. The van der Waals surface area contributed by atoms with Crippen molar-refractivity contribution in [2.24, 2.45) is 5.73 Å². The zero-order valence-corrected chi connectivity index (χ0v) is 17.8. The van der Waals surface area contributed by atoms with Crippen LogP contribution in [0.15, 0.2) is 59.5 Å². The highest BCUT2D eigenvalue weighted by Gasteiger charge is 2.30. The van der Waals surface area contributed by atoms with Gasteiger partial charge in [-0.15, -0.1) is 0 Å². The van der Waals surface area contributed by atoms with E-state index in [0.717, 1.165) is 0 Å². The van der Waals surface area contributed by atoms with Crippen LogP contribution >= 0.6 is 0 Å². The van der Waals surface area contributed by atoms with Gasteiger partial charge in [0.1, 0.15) is 6.04 Å². The van der Waals surface area contributed by atoms with Crippen molar-refractivity contribution < 1.29 is 22.8 Å². The summed E-state index contributed by atoms with van der Waals surface area (Å²) < 4.78 is 27.3. The first-order chi connectivity index (χ1) is 14.7.